The van der Waals surface area contributed by atoms with Crippen molar-refractivity contribution in [2.45, 2.75) is 6.92 Å². The van der Waals surface area contributed by atoms with E-state index in [1.807, 2.05) is 13.0 Å². The van der Waals surface area contributed by atoms with Gasteiger partial charge in [0.05, 0.1) is 11.6 Å². The molecule has 0 saturated heterocycles. The summed E-state index contributed by atoms with van der Waals surface area (Å²) in [6.45, 7) is 1.92. The van der Waals surface area contributed by atoms with E-state index in [2.05, 4.69) is 15.9 Å². The minimum Gasteiger partial charge on any atom is -0.507 e. The molecular formula is C8H9BrO2. The number of hydrogen-bond donors (Lipinski definition) is 1. The summed E-state index contributed by atoms with van der Waals surface area (Å²) in [7, 11) is 1.58. The van der Waals surface area contributed by atoms with Crippen LogP contribution in [0.25, 0.3) is 0 Å². The molecule has 2 nitrogen and oxygen atoms in total. The Kier molecular flexibility index (Phi) is 2.39. The molecule has 0 unspecified atom stereocenters. The minimum atomic E-state index is 0.201. The Morgan fingerprint density at radius 3 is 2.64 bits per heavy atom. The lowest BCUT2D eigenvalue weighted by atomic mass is 10.2. The highest BCUT2D eigenvalue weighted by Gasteiger charge is 2.03. The highest BCUT2D eigenvalue weighted by atomic mass is 79.9. The number of halogens is 1. The van der Waals surface area contributed by atoms with Crippen molar-refractivity contribution in [3.05, 3.63) is 22.2 Å². The smallest absolute Gasteiger partial charge is 0.133 e. The van der Waals surface area contributed by atoms with Crippen LogP contribution in [0.2, 0.25) is 0 Å². The third kappa shape index (κ3) is 1.66. The van der Waals surface area contributed by atoms with Crippen LogP contribution in [-0.2, 0) is 0 Å². The van der Waals surface area contributed by atoms with E-state index < -0.39 is 0 Å². The lowest BCUT2D eigenvalue weighted by Gasteiger charge is -2.05. The maximum atomic E-state index is 9.23. The van der Waals surface area contributed by atoms with Crippen molar-refractivity contribution in [1.82, 2.24) is 0 Å². The molecule has 1 aromatic rings. The molecule has 0 aliphatic rings. The second-order valence-electron chi connectivity index (χ2n) is 2.27. The van der Waals surface area contributed by atoms with Crippen LogP contribution in [0.15, 0.2) is 16.6 Å². The van der Waals surface area contributed by atoms with Crippen LogP contribution in [0.4, 0.5) is 0 Å². The molecule has 0 aromatic heterocycles. The molecule has 0 bridgehead atoms. The van der Waals surface area contributed by atoms with E-state index in [9.17, 15) is 5.11 Å². The Bertz CT molecular complexity index is 271. The topological polar surface area (TPSA) is 29.5 Å². The summed E-state index contributed by atoms with van der Waals surface area (Å²) >= 11 is 3.20. The van der Waals surface area contributed by atoms with Crippen molar-refractivity contribution in [2.75, 3.05) is 7.11 Å². The van der Waals surface area contributed by atoms with Crippen LogP contribution < -0.4 is 4.74 Å². The first kappa shape index (κ1) is 8.40. The Hall–Kier alpha value is -0.700. The van der Waals surface area contributed by atoms with Gasteiger partial charge in [0.15, 0.2) is 0 Å². The molecule has 11 heavy (non-hydrogen) atoms. The molecule has 0 amide bonds. The van der Waals surface area contributed by atoms with Gasteiger partial charge in [0, 0.05) is 6.07 Å². The monoisotopic (exact) mass is 216 g/mol. The quantitative estimate of drug-likeness (QED) is 0.782. The SMILES string of the molecule is COc1cc(O)c(Br)cc1C. The first-order valence-corrected chi connectivity index (χ1v) is 3.97. The number of aryl methyl sites for hydroxylation is 1. The summed E-state index contributed by atoms with van der Waals surface area (Å²) in [5.74, 6) is 0.901. The fourth-order valence-electron chi connectivity index (χ4n) is 0.862. The van der Waals surface area contributed by atoms with Gasteiger partial charge in [-0.1, -0.05) is 0 Å². The van der Waals surface area contributed by atoms with E-state index in [4.69, 9.17) is 4.74 Å². The summed E-state index contributed by atoms with van der Waals surface area (Å²) < 4.78 is 5.69. The fourth-order valence-corrected chi connectivity index (χ4v) is 1.32. The average Bonchev–Trinajstić information content (AvgIpc) is 1.97. The van der Waals surface area contributed by atoms with Gasteiger partial charge in [0.1, 0.15) is 11.5 Å². The van der Waals surface area contributed by atoms with Crippen LogP contribution in [-0.4, -0.2) is 12.2 Å². The number of hydrogen-bond acceptors (Lipinski definition) is 2. The summed E-state index contributed by atoms with van der Waals surface area (Å²) in [4.78, 5) is 0. The van der Waals surface area contributed by atoms with Crippen LogP contribution in [0.1, 0.15) is 5.56 Å². The summed E-state index contributed by atoms with van der Waals surface area (Å²) in [5.41, 5.74) is 0.997. The Morgan fingerprint density at radius 2 is 2.09 bits per heavy atom. The average molecular weight is 217 g/mol. The summed E-state index contributed by atoms with van der Waals surface area (Å²) in [6.07, 6.45) is 0. The standard InChI is InChI=1S/C8H9BrO2/c1-5-3-6(9)7(10)4-8(5)11-2/h3-4,10H,1-2H3. The van der Waals surface area contributed by atoms with Gasteiger partial charge in [0.25, 0.3) is 0 Å². The van der Waals surface area contributed by atoms with Gasteiger partial charge in [-0.05, 0) is 34.5 Å². The number of aromatic hydroxyl groups is 1. The number of rotatable bonds is 1. The van der Waals surface area contributed by atoms with E-state index in [-0.39, 0.29) is 5.75 Å². The molecule has 0 saturated carbocycles. The number of phenols is 1. The molecule has 1 rings (SSSR count). The molecule has 1 aromatic carbocycles. The number of phenolic OH excluding ortho intramolecular Hbond substituents is 1. The molecular weight excluding hydrogens is 208 g/mol. The van der Waals surface area contributed by atoms with E-state index in [0.717, 1.165) is 5.56 Å². The van der Waals surface area contributed by atoms with Crippen LogP contribution in [0.5, 0.6) is 11.5 Å². The fraction of sp³-hybridized carbons (Fsp3) is 0.250. The van der Waals surface area contributed by atoms with Crippen LogP contribution >= 0.6 is 15.9 Å². The van der Waals surface area contributed by atoms with E-state index in [1.165, 1.54) is 0 Å². The van der Waals surface area contributed by atoms with E-state index in [0.29, 0.717) is 10.2 Å². The van der Waals surface area contributed by atoms with Crippen LogP contribution in [0, 0.1) is 6.92 Å². The van der Waals surface area contributed by atoms with Crippen molar-refractivity contribution in [3.63, 3.8) is 0 Å². The molecule has 1 N–H and O–H groups in total. The number of methoxy groups -OCH3 is 1. The van der Waals surface area contributed by atoms with Gasteiger partial charge in [-0.25, -0.2) is 0 Å². The zero-order valence-corrected chi connectivity index (χ0v) is 7.97. The molecule has 0 heterocycles. The largest absolute Gasteiger partial charge is 0.507 e. The third-order valence-electron chi connectivity index (χ3n) is 1.46. The van der Waals surface area contributed by atoms with Crippen molar-refractivity contribution in [2.24, 2.45) is 0 Å². The van der Waals surface area contributed by atoms with Gasteiger partial charge in [-0.3, -0.25) is 0 Å². The zero-order chi connectivity index (χ0) is 8.43. The van der Waals surface area contributed by atoms with Crippen molar-refractivity contribution < 1.29 is 9.84 Å². The summed E-state index contributed by atoms with van der Waals surface area (Å²) in [6, 6.07) is 3.40. The number of benzene rings is 1. The molecule has 0 atom stereocenters. The second-order valence-corrected chi connectivity index (χ2v) is 3.13. The zero-order valence-electron chi connectivity index (χ0n) is 6.39. The summed E-state index contributed by atoms with van der Waals surface area (Å²) in [5, 5.41) is 9.23. The lowest BCUT2D eigenvalue weighted by molar-refractivity contribution is 0.404. The van der Waals surface area contributed by atoms with Crippen molar-refractivity contribution in [3.8, 4) is 11.5 Å². The first-order valence-electron chi connectivity index (χ1n) is 3.18. The maximum Gasteiger partial charge on any atom is 0.133 e. The van der Waals surface area contributed by atoms with Gasteiger partial charge < -0.3 is 9.84 Å². The molecule has 0 aliphatic carbocycles. The molecule has 0 spiro atoms. The Balaban J connectivity index is 3.21. The third-order valence-corrected chi connectivity index (χ3v) is 2.10. The predicted molar refractivity (Wildman–Crippen MR) is 47.1 cm³/mol. The molecule has 60 valence electrons. The normalized spacial score (nSPS) is 9.73. The lowest BCUT2D eigenvalue weighted by Crippen LogP contribution is -1.86. The second kappa shape index (κ2) is 3.13. The Labute approximate surface area is 73.9 Å². The molecule has 0 fully saturated rings. The van der Waals surface area contributed by atoms with E-state index in [1.54, 1.807) is 13.2 Å². The van der Waals surface area contributed by atoms with Gasteiger partial charge in [-0.2, -0.15) is 0 Å². The van der Waals surface area contributed by atoms with Crippen molar-refractivity contribution >= 4 is 15.9 Å². The van der Waals surface area contributed by atoms with Gasteiger partial charge >= 0.3 is 0 Å². The van der Waals surface area contributed by atoms with Gasteiger partial charge in [-0.15, -0.1) is 0 Å². The first-order chi connectivity index (χ1) is 5.15. The van der Waals surface area contributed by atoms with Gasteiger partial charge in [0.2, 0.25) is 0 Å². The highest BCUT2D eigenvalue weighted by molar-refractivity contribution is 9.10. The number of ether oxygens (including phenoxy) is 1. The molecule has 0 radical (unpaired) electrons. The minimum absolute atomic E-state index is 0.201. The van der Waals surface area contributed by atoms with Crippen LogP contribution in [0.3, 0.4) is 0 Å². The maximum absolute atomic E-state index is 9.23. The molecule has 0 aliphatic heterocycles. The van der Waals surface area contributed by atoms with E-state index >= 15 is 0 Å². The highest BCUT2D eigenvalue weighted by Crippen LogP contribution is 2.30. The Morgan fingerprint density at radius 1 is 1.45 bits per heavy atom. The predicted octanol–water partition coefficient (Wildman–Crippen LogP) is 2.47. The van der Waals surface area contributed by atoms with Crippen molar-refractivity contribution in [1.29, 1.82) is 0 Å². The molecule has 3 heteroatoms.